The molecule has 0 saturated carbocycles. The Balaban J connectivity index is 1.14. The van der Waals surface area contributed by atoms with Crippen LogP contribution in [-0.2, 0) is 0 Å². The fourth-order valence-electron chi connectivity index (χ4n) is 6.53. The number of benzene rings is 7. The molecule has 2 aromatic heterocycles. The molecule has 46 heavy (non-hydrogen) atoms. The molecule has 0 aliphatic heterocycles. The standard InChI is InChI=1S/C42H27N3O/c1-2-11-31(12-3-1)41-43-44-42(45(41)33-26-24-29(25-27-33)35-16-8-13-28-10-4-5-14-34(28)35)32-22-20-30(21-23-32)36-17-9-18-38-37-15-6-7-19-39(37)46-40(36)38/h1-27H. The van der Waals surface area contributed by atoms with Gasteiger partial charge in [0.15, 0.2) is 11.6 Å². The van der Waals surface area contributed by atoms with Gasteiger partial charge < -0.3 is 4.42 Å². The lowest BCUT2D eigenvalue weighted by molar-refractivity contribution is 0.670. The molecular weight excluding hydrogens is 562 g/mol. The van der Waals surface area contributed by atoms with E-state index in [0.717, 1.165) is 61.5 Å². The van der Waals surface area contributed by atoms with Crippen molar-refractivity contribution in [2.24, 2.45) is 0 Å². The van der Waals surface area contributed by atoms with E-state index in [1.54, 1.807) is 0 Å². The van der Waals surface area contributed by atoms with Crippen molar-refractivity contribution in [2.75, 3.05) is 0 Å². The van der Waals surface area contributed by atoms with Crippen LogP contribution in [-0.4, -0.2) is 14.8 Å². The molecule has 0 aliphatic carbocycles. The van der Waals surface area contributed by atoms with Crippen molar-refractivity contribution in [2.45, 2.75) is 0 Å². The lowest BCUT2D eigenvalue weighted by atomic mass is 9.98. The largest absolute Gasteiger partial charge is 0.455 e. The second-order valence-electron chi connectivity index (χ2n) is 11.5. The molecule has 4 nitrogen and oxygen atoms in total. The van der Waals surface area contributed by atoms with Gasteiger partial charge in [0, 0.05) is 33.2 Å². The van der Waals surface area contributed by atoms with E-state index >= 15 is 0 Å². The number of fused-ring (bicyclic) bond motifs is 4. The van der Waals surface area contributed by atoms with Crippen LogP contribution in [0.5, 0.6) is 0 Å². The van der Waals surface area contributed by atoms with Gasteiger partial charge in [-0.25, -0.2) is 0 Å². The van der Waals surface area contributed by atoms with E-state index < -0.39 is 0 Å². The minimum atomic E-state index is 0.783. The molecule has 0 fully saturated rings. The molecule has 0 unspecified atom stereocenters. The SMILES string of the molecule is c1ccc(-c2nnc(-c3ccc(-c4cccc5c4oc4ccccc45)cc3)n2-c2ccc(-c3cccc4ccccc34)cc2)cc1. The van der Waals surface area contributed by atoms with Gasteiger partial charge in [0.25, 0.3) is 0 Å². The molecule has 2 heterocycles. The van der Waals surface area contributed by atoms with Crippen molar-refractivity contribution in [3.63, 3.8) is 0 Å². The summed E-state index contributed by atoms with van der Waals surface area (Å²) in [6.45, 7) is 0. The van der Waals surface area contributed by atoms with Gasteiger partial charge in [-0.3, -0.25) is 4.57 Å². The van der Waals surface area contributed by atoms with Crippen LogP contribution in [0.15, 0.2) is 168 Å². The quantitative estimate of drug-likeness (QED) is 0.201. The van der Waals surface area contributed by atoms with Crippen molar-refractivity contribution >= 4 is 32.7 Å². The predicted octanol–water partition coefficient (Wildman–Crippen LogP) is 11.0. The van der Waals surface area contributed by atoms with E-state index in [9.17, 15) is 0 Å². The summed E-state index contributed by atoms with van der Waals surface area (Å²) in [4.78, 5) is 0. The summed E-state index contributed by atoms with van der Waals surface area (Å²) in [6.07, 6.45) is 0. The van der Waals surface area contributed by atoms with E-state index in [0.29, 0.717) is 0 Å². The van der Waals surface area contributed by atoms with Crippen LogP contribution in [0.4, 0.5) is 0 Å². The van der Waals surface area contributed by atoms with Crippen molar-refractivity contribution in [3.05, 3.63) is 164 Å². The molecule has 0 amide bonds. The van der Waals surface area contributed by atoms with Gasteiger partial charge in [-0.2, -0.15) is 0 Å². The number of para-hydroxylation sites is 2. The number of hydrogen-bond donors (Lipinski definition) is 0. The summed E-state index contributed by atoms with van der Waals surface area (Å²) in [7, 11) is 0. The third-order valence-electron chi connectivity index (χ3n) is 8.78. The Morgan fingerprint density at radius 3 is 1.74 bits per heavy atom. The van der Waals surface area contributed by atoms with Crippen molar-refractivity contribution in [1.82, 2.24) is 14.8 Å². The smallest absolute Gasteiger partial charge is 0.168 e. The molecule has 0 bridgehead atoms. The number of furan rings is 1. The number of rotatable bonds is 5. The van der Waals surface area contributed by atoms with Crippen LogP contribution in [0.1, 0.15) is 0 Å². The average molecular weight is 590 g/mol. The monoisotopic (exact) mass is 589 g/mol. The maximum Gasteiger partial charge on any atom is 0.168 e. The van der Waals surface area contributed by atoms with Gasteiger partial charge in [0.05, 0.1) is 0 Å². The molecule has 0 spiro atoms. The Labute approximate surface area is 265 Å². The maximum atomic E-state index is 6.32. The van der Waals surface area contributed by atoms with Gasteiger partial charge >= 0.3 is 0 Å². The minimum Gasteiger partial charge on any atom is -0.455 e. The second kappa shape index (κ2) is 10.7. The van der Waals surface area contributed by atoms with Crippen molar-refractivity contribution in [3.8, 4) is 50.7 Å². The van der Waals surface area contributed by atoms with E-state index in [1.807, 2.05) is 30.3 Å². The van der Waals surface area contributed by atoms with Crippen molar-refractivity contribution < 1.29 is 4.42 Å². The first kappa shape index (κ1) is 26.2. The summed E-state index contributed by atoms with van der Waals surface area (Å²) in [5.41, 5.74) is 9.32. The summed E-state index contributed by atoms with van der Waals surface area (Å²) < 4.78 is 8.47. The predicted molar refractivity (Wildman–Crippen MR) is 188 cm³/mol. The molecule has 216 valence electrons. The molecule has 0 atom stereocenters. The van der Waals surface area contributed by atoms with E-state index in [2.05, 4.69) is 138 Å². The molecule has 0 N–H and O–H groups in total. The molecule has 0 aliphatic rings. The number of aromatic nitrogens is 3. The molecular formula is C42H27N3O. The molecule has 9 aromatic rings. The van der Waals surface area contributed by atoms with Gasteiger partial charge in [0.2, 0.25) is 0 Å². The van der Waals surface area contributed by atoms with Crippen LogP contribution in [0.3, 0.4) is 0 Å². The Morgan fingerprint density at radius 1 is 0.391 bits per heavy atom. The van der Waals surface area contributed by atoms with E-state index in [1.165, 1.54) is 21.9 Å². The minimum absolute atomic E-state index is 0.783. The first-order valence-corrected chi connectivity index (χ1v) is 15.4. The third kappa shape index (κ3) is 4.31. The fraction of sp³-hybridized carbons (Fsp3) is 0. The topological polar surface area (TPSA) is 43.9 Å². The Bertz CT molecular complexity index is 2500. The van der Waals surface area contributed by atoms with Crippen LogP contribution >= 0.6 is 0 Å². The zero-order valence-electron chi connectivity index (χ0n) is 24.8. The van der Waals surface area contributed by atoms with Gasteiger partial charge in [0.1, 0.15) is 11.2 Å². The highest BCUT2D eigenvalue weighted by Gasteiger charge is 2.18. The van der Waals surface area contributed by atoms with Crippen LogP contribution in [0.2, 0.25) is 0 Å². The summed E-state index contributed by atoms with van der Waals surface area (Å²) in [5.74, 6) is 1.58. The lowest BCUT2D eigenvalue weighted by Crippen LogP contribution is -2.00. The first-order valence-electron chi connectivity index (χ1n) is 15.4. The van der Waals surface area contributed by atoms with Crippen LogP contribution in [0.25, 0.3) is 83.4 Å². The van der Waals surface area contributed by atoms with Crippen LogP contribution in [0, 0.1) is 0 Å². The normalized spacial score (nSPS) is 11.5. The summed E-state index contributed by atoms with van der Waals surface area (Å²) in [5, 5.41) is 14.2. The zero-order chi connectivity index (χ0) is 30.5. The second-order valence-corrected chi connectivity index (χ2v) is 11.5. The lowest BCUT2D eigenvalue weighted by Gasteiger charge is -2.13. The highest BCUT2D eigenvalue weighted by molar-refractivity contribution is 6.09. The third-order valence-corrected chi connectivity index (χ3v) is 8.78. The van der Waals surface area contributed by atoms with E-state index in [4.69, 9.17) is 14.6 Å². The Hall–Kier alpha value is -6.26. The summed E-state index contributed by atoms with van der Waals surface area (Å²) in [6, 6.07) is 57.0. The number of hydrogen-bond acceptors (Lipinski definition) is 3. The molecule has 4 heteroatoms. The number of nitrogens with zero attached hydrogens (tertiary/aromatic N) is 3. The maximum absolute atomic E-state index is 6.32. The van der Waals surface area contributed by atoms with Gasteiger partial charge in [-0.05, 0) is 45.7 Å². The zero-order valence-corrected chi connectivity index (χ0v) is 24.8. The Kier molecular flexibility index (Phi) is 6.10. The molecule has 0 radical (unpaired) electrons. The van der Waals surface area contributed by atoms with E-state index in [-0.39, 0.29) is 0 Å². The van der Waals surface area contributed by atoms with Crippen LogP contribution < -0.4 is 0 Å². The first-order chi connectivity index (χ1) is 22.8. The van der Waals surface area contributed by atoms with Gasteiger partial charge in [-0.15, -0.1) is 10.2 Å². The summed E-state index contributed by atoms with van der Waals surface area (Å²) >= 11 is 0. The highest BCUT2D eigenvalue weighted by atomic mass is 16.3. The molecule has 7 aromatic carbocycles. The Morgan fingerprint density at radius 2 is 0.935 bits per heavy atom. The highest BCUT2D eigenvalue weighted by Crippen LogP contribution is 2.37. The molecule has 9 rings (SSSR count). The average Bonchev–Trinajstić information content (AvgIpc) is 3.75. The van der Waals surface area contributed by atoms with Crippen molar-refractivity contribution in [1.29, 1.82) is 0 Å². The fourth-order valence-corrected chi connectivity index (χ4v) is 6.53. The van der Waals surface area contributed by atoms with Gasteiger partial charge in [-0.1, -0.05) is 146 Å². The molecule has 0 saturated heterocycles.